The average molecular weight is 448 g/mol. The van der Waals surface area contributed by atoms with E-state index in [0.29, 0.717) is 19.5 Å². The van der Waals surface area contributed by atoms with Crippen LogP contribution in [0, 0.1) is 5.92 Å². The zero-order chi connectivity index (χ0) is 22.5. The lowest BCUT2D eigenvalue weighted by Crippen LogP contribution is -2.58. The molecule has 0 radical (unpaired) electrons. The molecule has 31 heavy (non-hydrogen) atoms. The second kappa shape index (κ2) is 9.95. The van der Waals surface area contributed by atoms with Crippen LogP contribution in [-0.2, 0) is 30.4 Å². The number of nitrogens with zero attached hydrogens (tertiary/aromatic N) is 2. The van der Waals surface area contributed by atoms with Crippen molar-refractivity contribution in [1.29, 1.82) is 0 Å². The summed E-state index contributed by atoms with van der Waals surface area (Å²) < 4.78 is 0. The lowest BCUT2D eigenvalue weighted by Gasteiger charge is -2.38. The van der Waals surface area contributed by atoms with Gasteiger partial charge in [0.2, 0.25) is 11.8 Å². The molecule has 3 amide bonds. The van der Waals surface area contributed by atoms with Gasteiger partial charge >= 0.3 is 5.97 Å². The molecule has 0 aromatic heterocycles. The first kappa shape index (κ1) is 22.8. The third-order valence-corrected chi connectivity index (χ3v) is 6.36. The first-order chi connectivity index (χ1) is 14.8. The Labute approximate surface area is 184 Å². The maximum absolute atomic E-state index is 13.2. The van der Waals surface area contributed by atoms with Crippen molar-refractivity contribution in [2.24, 2.45) is 5.92 Å². The summed E-state index contributed by atoms with van der Waals surface area (Å²) in [5.74, 6) is -4.37. The number of carbonyl (C=O) groups is 5. The van der Waals surface area contributed by atoms with Gasteiger partial charge in [-0.15, -0.1) is 0 Å². The van der Waals surface area contributed by atoms with Crippen LogP contribution >= 0.6 is 11.8 Å². The van der Waals surface area contributed by atoms with Crippen LogP contribution in [0.2, 0.25) is 0 Å². The van der Waals surface area contributed by atoms with Crippen molar-refractivity contribution in [2.75, 3.05) is 13.1 Å². The average Bonchev–Trinajstić information content (AvgIpc) is 2.84. The van der Waals surface area contributed by atoms with E-state index in [4.69, 9.17) is 0 Å². The molecule has 166 valence electrons. The molecule has 0 saturated carbocycles. The van der Waals surface area contributed by atoms with Gasteiger partial charge < -0.3 is 10.4 Å². The van der Waals surface area contributed by atoms with Crippen LogP contribution in [0.3, 0.4) is 0 Å². The number of hydrogen-bond acceptors (Lipinski definition) is 6. The molecule has 2 fully saturated rings. The number of amides is 3. The van der Waals surface area contributed by atoms with E-state index in [9.17, 15) is 29.1 Å². The number of thioether (sulfide) groups is 1. The Bertz CT molecular complexity index is 877. The van der Waals surface area contributed by atoms with Gasteiger partial charge in [0.1, 0.15) is 6.04 Å². The summed E-state index contributed by atoms with van der Waals surface area (Å²) in [4.78, 5) is 62.4. The molecule has 9 nitrogen and oxygen atoms in total. The van der Waals surface area contributed by atoms with Crippen LogP contribution in [-0.4, -0.2) is 68.3 Å². The highest BCUT2D eigenvalue weighted by atomic mass is 32.2. The monoisotopic (exact) mass is 447 g/mol. The van der Waals surface area contributed by atoms with Crippen molar-refractivity contribution in [3.05, 3.63) is 35.9 Å². The fourth-order valence-corrected chi connectivity index (χ4v) is 4.70. The topological polar surface area (TPSA) is 124 Å². The number of hydrogen-bond donors (Lipinski definition) is 2. The van der Waals surface area contributed by atoms with Crippen molar-refractivity contribution in [1.82, 2.24) is 15.3 Å². The van der Waals surface area contributed by atoms with E-state index in [1.165, 1.54) is 16.9 Å². The molecule has 3 rings (SSSR count). The largest absolute Gasteiger partial charge is 0.481 e. The summed E-state index contributed by atoms with van der Waals surface area (Å²) >= 11 is 0.830. The number of nitrogens with one attached hydrogen (secondary N) is 1. The normalized spacial score (nSPS) is 22.4. The summed E-state index contributed by atoms with van der Waals surface area (Å²) in [7, 11) is 0. The molecule has 0 aliphatic carbocycles. The van der Waals surface area contributed by atoms with Crippen LogP contribution in [0.1, 0.15) is 31.7 Å². The number of carbonyl (C=O) groups excluding carboxylic acids is 4. The minimum absolute atomic E-state index is 0.240. The maximum atomic E-state index is 13.2. The third-order valence-electron chi connectivity index (χ3n) is 5.37. The van der Waals surface area contributed by atoms with Gasteiger partial charge in [0.05, 0.1) is 11.2 Å². The first-order valence-corrected chi connectivity index (χ1v) is 11.0. The smallest absolute Gasteiger partial charge is 0.309 e. The van der Waals surface area contributed by atoms with Gasteiger partial charge in [0.15, 0.2) is 5.12 Å². The summed E-state index contributed by atoms with van der Waals surface area (Å²) in [5.41, 5.74) is 0.829. The number of hydrazine groups is 1. The summed E-state index contributed by atoms with van der Waals surface area (Å²) in [5, 5.41) is 13.7. The highest BCUT2D eigenvalue weighted by Gasteiger charge is 2.46. The number of carboxylic acids is 1. The zero-order valence-electron chi connectivity index (χ0n) is 17.2. The van der Waals surface area contributed by atoms with Crippen molar-refractivity contribution < 1.29 is 29.1 Å². The minimum Gasteiger partial charge on any atom is -0.481 e. The Hall–Kier alpha value is -2.88. The second-order valence-electron chi connectivity index (χ2n) is 7.61. The van der Waals surface area contributed by atoms with Crippen molar-refractivity contribution in [2.45, 2.75) is 43.9 Å². The summed E-state index contributed by atoms with van der Waals surface area (Å²) in [6.07, 6.45) is 1.26. The third kappa shape index (κ3) is 5.43. The van der Waals surface area contributed by atoms with Crippen molar-refractivity contribution in [3.63, 3.8) is 0 Å². The van der Waals surface area contributed by atoms with E-state index in [0.717, 1.165) is 23.7 Å². The van der Waals surface area contributed by atoms with Crippen molar-refractivity contribution >= 4 is 40.6 Å². The molecule has 2 aliphatic rings. The Morgan fingerprint density at radius 1 is 1.13 bits per heavy atom. The van der Waals surface area contributed by atoms with E-state index < -0.39 is 40.9 Å². The molecule has 1 aromatic rings. The van der Waals surface area contributed by atoms with Gasteiger partial charge in [0, 0.05) is 26.4 Å². The van der Waals surface area contributed by atoms with Gasteiger partial charge in [-0.05, 0) is 24.8 Å². The molecule has 0 unspecified atom stereocenters. The second-order valence-corrected chi connectivity index (χ2v) is 8.99. The van der Waals surface area contributed by atoms with Gasteiger partial charge in [-0.1, -0.05) is 42.1 Å². The van der Waals surface area contributed by atoms with Crippen LogP contribution < -0.4 is 5.32 Å². The van der Waals surface area contributed by atoms with Gasteiger partial charge in [-0.25, -0.2) is 5.01 Å². The Morgan fingerprint density at radius 3 is 2.39 bits per heavy atom. The Morgan fingerprint density at radius 2 is 1.77 bits per heavy atom. The summed E-state index contributed by atoms with van der Waals surface area (Å²) in [6, 6.07) is 7.72. The molecular formula is C21H25N3O6S. The van der Waals surface area contributed by atoms with Crippen LogP contribution in [0.15, 0.2) is 30.3 Å². The van der Waals surface area contributed by atoms with Gasteiger partial charge in [-0.3, -0.25) is 29.0 Å². The number of rotatable bonds is 6. The molecule has 0 bridgehead atoms. The van der Waals surface area contributed by atoms with E-state index in [1.54, 1.807) is 0 Å². The highest BCUT2D eigenvalue weighted by molar-refractivity contribution is 8.14. The molecular weight excluding hydrogens is 422 g/mol. The molecule has 10 heteroatoms. The quantitative estimate of drug-likeness (QED) is 0.662. The SMILES string of the molecule is CC(=O)S[C@@H](Cc1ccccc1)C(=O)N[C@@H]1C(=O)N2CCCCN2C(=O)C[C@@H]1C(=O)O. The number of carboxylic acid groups (broad SMARTS) is 1. The molecule has 2 saturated heterocycles. The van der Waals surface area contributed by atoms with E-state index in [2.05, 4.69) is 5.32 Å². The number of fused-ring (bicyclic) bond motifs is 1. The van der Waals surface area contributed by atoms with Crippen molar-refractivity contribution in [3.8, 4) is 0 Å². The number of aliphatic carboxylic acids is 1. The zero-order valence-corrected chi connectivity index (χ0v) is 18.0. The highest BCUT2D eigenvalue weighted by Crippen LogP contribution is 2.25. The standard InChI is InChI=1S/C21H25N3O6S/c1-13(25)31-16(11-14-7-3-2-4-8-14)19(27)22-18-15(21(29)30)12-17(26)23-9-5-6-10-24(23)20(18)28/h2-4,7-8,15-16,18H,5-6,9-12H2,1H3,(H,22,27)(H,29,30)/t15-,16-,18-/m0/s1. The Kier molecular flexibility index (Phi) is 7.32. The molecule has 2 N–H and O–H groups in total. The molecule has 3 atom stereocenters. The Balaban J connectivity index is 1.85. The molecule has 0 spiro atoms. The first-order valence-electron chi connectivity index (χ1n) is 10.1. The molecule has 2 aliphatic heterocycles. The van der Waals surface area contributed by atoms with Crippen LogP contribution in [0.25, 0.3) is 0 Å². The van der Waals surface area contributed by atoms with Gasteiger partial charge in [0.25, 0.3) is 5.91 Å². The van der Waals surface area contributed by atoms with E-state index >= 15 is 0 Å². The predicted octanol–water partition coefficient (Wildman–Crippen LogP) is 0.833. The lowest BCUT2D eigenvalue weighted by atomic mass is 9.95. The van der Waals surface area contributed by atoms with Crippen LogP contribution in [0.5, 0.6) is 0 Å². The lowest BCUT2D eigenvalue weighted by molar-refractivity contribution is -0.166. The molecule has 1 aromatic carbocycles. The molecule has 2 heterocycles. The van der Waals surface area contributed by atoms with E-state index in [-0.39, 0.29) is 18.0 Å². The fourth-order valence-electron chi connectivity index (χ4n) is 3.85. The van der Waals surface area contributed by atoms with Gasteiger partial charge in [-0.2, -0.15) is 0 Å². The minimum atomic E-state index is -1.39. The van der Waals surface area contributed by atoms with Crippen LogP contribution in [0.4, 0.5) is 0 Å². The maximum Gasteiger partial charge on any atom is 0.309 e. The summed E-state index contributed by atoms with van der Waals surface area (Å²) in [6.45, 7) is 1.98. The number of benzene rings is 1. The predicted molar refractivity (Wildman–Crippen MR) is 113 cm³/mol. The van der Waals surface area contributed by atoms with E-state index in [1.807, 2.05) is 30.3 Å². The fraction of sp³-hybridized carbons (Fsp3) is 0.476.